The SMILES string of the molecule is CNC(=O)c1ccc(CN(C)C(=O)c2cc(C3CC3)nn2-c2ccccc2)cc1. The fourth-order valence-electron chi connectivity index (χ4n) is 3.34. The van der Waals surface area contributed by atoms with Gasteiger partial charge in [0.1, 0.15) is 5.69 Å². The summed E-state index contributed by atoms with van der Waals surface area (Å²) < 4.78 is 1.75. The van der Waals surface area contributed by atoms with Crippen LogP contribution in [0.2, 0.25) is 0 Å². The summed E-state index contributed by atoms with van der Waals surface area (Å²) in [5.74, 6) is 0.262. The number of nitrogens with zero attached hydrogens (tertiary/aromatic N) is 3. The number of rotatable bonds is 6. The summed E-state index contributed by atoms with van der Waals surface area (Å²) in [5.41, 5.74) is 4.00. The standard InChI is InChI=1S/C23H24N4O2/c1-24-22(28)18-10-8-16(9-11-18)15-26(2)23(29)21-14-20(17-12-13-17)25-27(21)19-6-4-3-5-7-19/h3-11,14,17H,12-13,15H2,1-2H3,(H,24,28). The Kier molecular flexibility index (Phi) is 5.16. The van der Waals surface area contributed by atoms with E-state index in [2.05, 4.69) is 5.32 Å². The van der Waals surface area contributed by atoms with Gasteiger partial charge in [-0.2, -0.15) is 5.10 Å². The molecule has 148 valence electrons. The Balaban J connectivity index is 1.56. The zero-order valence-corrected chi connectivity index (χ0v) is 16.6. The molecule has 4 rings (SSSR count). The van der Waals surface area contributed by atoms with Crippen LogP contribution >= 0.6 is 0 Å². The number of nitrogens with one attached hydrogen (secondary N) is 1. The summed E-state index contributed by atoms with van der Waals surface area (Å²) >= 11 is 0. The van der Waals surface area contributed by atoms with Crippen LogP contribution in [0.25, 0.3) is 5.69 Å². The Hall–Kier alpha value is -3.41. The lowest BCUT2D eigenvalue weighted by Crippen LogP contribution is -2.28. The maximum Gasteiger partial charge on any atom is 0.272 e. The first-order valence-corrected chi connectivity index (χ1v) is 9.78. The first-order chi connectivity index (χ1) is 14.1. The third-order valence-corrected chi connectivity index (χ3v) is 5.15. The van der Waals surface area contributed by atoms with Crippen molar-refractivity contribution in [2.24, 2.45) is 0 Å². The molecule has 29 heavy (non-hydrogen) atoms. The monoisotopic (exact) mass is 388 g/mol. The highest BCUT2D eigenvalue weighted by atomic mass is 16.2. The normalized spacial score (nSPS) is 13.2. The molecule has 1 aromatic heterocycles. The zero-order valence-electron chi connectivity index (χ0n) is 16.6. The molecule has 0 saturated heterocycles. The molecule has 1 saturated carbocycles. The smallest absolute Gasteiger partial charge is 0.272 e. The fourth-order valence-corrected chi connectivity index (χ4v) is 3.34. The van der Waals surface area contributed by atoms with Gasteiger partial charge < -0.3 is 10.2 Å². The number of hydrogen-bond donors (Lipinski definition) is 1. The highest BCUT2D eigenvalue weighted by molar-refractivity contribution is 5.94. The quantitative estimate of drug-likeness (QED) is 0.704. The van der Waals surface area contributed by atoms with E-state index in [9.17, 15) is 9.59 Å². The minimum absolute atomic E-state index is 0.0800. The number of amides is 2. The molecule has 1 fully saturated rings. The molecule has 1 heterocycles. The number of benzene rings is 2. The lowest BCUT2D eigenvalue weighted by atomic mass is 10.1. The minimum Gasteiger partial charge on any atom is -0.355 e. The maximum atomic E-state index is 13.2. The van der Waals surface area contributed by atoms with Crippen LogP contribution < -0.4 is 5.32 Å². The van der Waals surface area contributed by atoms with E-state index in [1.165, 1.54) is 0 Å². The first-order valence-electron chi connectivity index (χ1n) is 9.78. The molecule has 0 aliphatic heterocycles. The van der Waals surface area contributed by atoms with Crippen molar-refractivity contribution in [3.8, 4) is 5.69 Å². The third-order valence-electron chi connectivity index (χ3n) is 5.15. The first kappa shape index (κ1) is 18.9. The van der Waals surface area contributed by atoms with Gasteiger partial charge in [0.2, 0.25) is 0 Å². The van der Waals surface area contributed by atoms with Gasteiger partial charge >= 0.3 is 0 Å². The second kappa shape index (κ2) is 7.91. The number of para-hydroxylation sites is 1. The minimum atomic E-state index is -0.125. The maximum absolute atomic E-state index is 13.2. The summed E-state index contributed by atoms with van der Waals surface area (Å²) in [6, 6.07) is 19.0. The molecular weight excluding hydrogens is 364 g/mol. The number of hydrogen-bond acceptors (Lipinski definition) is 3. The fraction of sp³-hybridized carbons (Fsp3) is 0.261. The molecule has 6 nitrogen and oxygen atoms in total. The van der Waals surface area contributed by atoms with Gasteiger partial charge in [-0.05, 0) is 48.7 Å². The molecule has 0 radical (unpaired) electrons. The Morgan fingerprint density at radius 2 is 1.79 bits per heavy atom. The molecule has 0 unspecified atom stereocenters. The predicted octanol–water partition coefficient (Wildman–Crippen LogP) is 3.38. The molecule has 0 spiro atoms. The van der Waals surface area contributed by atoms with E-state index < -0.39 is 0 Å². The van der Waals surface area contributed by atoms with E-state index >= 15 is 0 Å². The summed E-state index contributed by atoms with van der Waals surface area (Å²) in [5, 5.41) is 7.32. The van der Waals surface area contributed by atoms with Gasteiger partial charge in [-0.1, -0.05) is 30.3 Å². The average molecular weight is 388 g/mol. The van der Waals surface area contributed by atoms with Crippen molar-refractivity contribution in [1.29, 1.82) is 0 Å². The van der Waals surface area contributed by atoms with Gasteiger partial charge in [-0.3, -0.25) is 9.59 Å². The Morgan fingerprint density at radius 1 is 1.10 bits per heavy atom. The van der Waals surface area contributed by atoms with Crippen molar-refractivity contribution in [2.75, 3.05) is 14.1 Å². The molecule has 0 bridgehead atoms. The van der Waals surface area contributed by atoms with Crippen LogP contribution in [0.4, 0.5) is 0 Å². The molecule has 2 amide bonds. The molecule has 1 N–H and O–H groups in total. The van der Waals surface area contributed by atoms with E-state index in [1.807, 2.05) is 48.5 Å². The van der Waals surface area contributed by atoms with Crippen molar-refractivity contribution < 1.29 is 9.59 Å². The van der Waals surface area contributed by atoms with E-state index in [-0.39, 0.29) is 11.8 Å². The summed E-state index contributed by atoms with van der Waals surface area (Å²) in [4.78, 5) is 26.6. The lowest BCUT2D eigenvalue weighted by Gasteiger charge is -2.18. The summed E-state index contributed by atoms with van der Waals surface area (Å²) in [6.45, 7) is 0.450. The van der Waals surface area contributed by atoms with Crippen LogP contribution in [0, 0.1) is 0 Å². The van der Waals surface area contributed by atoms with Gasteiger partial charge in [0.15, 0.2) is 0 Å². The molecule has 0 atom stereocenters. The lowest BCUT2D eigenvalue weighted by molar-refractivity contribution is 0.0775. The molecule has 2 aromatic carbocycles. The topological polar surface area (TPSA) is 67.2 Å². The predicted molar refractivity (Wildman–Crippen MR) is 111 cm³/mol. The zero-order chi connectivity index (χ0) is 20.4. The van der Waals surface area contributed by atoms with E-state index in [4.69, 9.17) is 5.10 Å². The summed E-state index contributed by atoms with van der Waals surface area (Å²) in [6.07, 6.45) is 2.26. The van der Waals surface area contributed by atoms with Crippen LogP contribution in [0.5, 0.6) is 0 Å². The molecule has 3 aromatic rings. The highest BCUT2D eigenvalue weighted by Gasteiger charge is 2.29. The van der Waals surface area contributed by atoms with Crippen molar-refractivity contribution in [2.45, 2.75) is 25.3 Å². The van der Waals surface area contributed by atoms with Gasteiger partial charge in [0.25, 0.3) is 11.8 Å². The van der Waals surface area contributed by atoms with Gasteiger partial charge in [0.05, 0.1) is 11.4 Å². The second-order valence-corrected chi connectivity index (χ2v) is 7.41. The van der Waals surface area contributed by atoms with Crippen LogP contribution in [0.3, 0.4) is 0 Å². The number of aromatic nitrogens is 2. The Labute approximate surface area is 170 Å². The molecule has 6 heteroatoms. The Bertz CT molecular complexity index is 1020. The van der Waals surface area contributed by atoms with Gasteiger partial charge in [-0.15, -0.1) is 0 Å². The Morgan fingerprint density at radius 3 is 2.41 bits per heavy atom. The van der Waals surface area contributed by atoms with Crippen LogP contribution in [-0.2, 0) is 6.54 Å². The number of carbonyl (C=O) groups is 2. The average Bonchev–Trinajstić information content (AvgIpc) is 3.52. The molecule has 1 aliphatic rings. The largest absolute Gasteiger partial charge is 0.355 e. The van der Waals surface area contributed by atoms with Crippen LogP contribution in [-0.4, -0.2) is 40.6 Å². The highest BCUT2D eigenvalue weighted by Crippen LogP contribution is 2.39. The van der Waals surface area contributed by atoms with Crippen LogP contribution in [0.1, 0.15) is 50.9 Å². The van der Waals surface area contributed by atoms with Gasteiger partial charge in [-0.25, -0.2) is 4.68 Å². The third kappa shape index (κ3) is 4.06. The van der Waals surface area contributed by atoms with E-state index in [0.29, 0.717) is 23.7 Å². The van der Waals surface area contributed by atoms with Crippen LogP contribution in [0.15, 0.2) is 60.7 Å². The van der Waals surface area contributed by atoms with Gasteiger partial charge in [0, 0.05) is 32.1 Å². The molecular formula is C23H24N4O2. The van der Waals surface area contributed by atoms with E-state index in [1.54, 1.807) is 35.8 Å². The number of carbonyl (C=O) groups excluding carboxylic acids is 2. The second-order valence-electron chi connectivity index (χ2n) is 7.41. The van der Waals surface area contributed by atoms with E-state index in [0.717, 1.165) is 29.8 Å². The summed E-state index contributed by atoms with van der Waals surface area (Å²) in [7, 11) is 3.39. The van der Waals surface area contributed by atoms with Crippen molar-refractivity contribution in [3.05, 3.63) is 83.2 Å². The van der Waals surface area contributed by atoms with Crippen molar-refractivity contribution in [3.63, 3.8) is 0 Å². The molecule has 1 aliphatic carbocycles. The van der Waals surface area contributed by atoms with Crippen molar-refractivity contribution >= 4 is 11.8 Å². The van der Waals surface area contributed by atoms with Crippen molar-refractivity contribution in [1.82, 2.24) is 20.0 Å².